The van der Waals surface area contributed by atoms with Gasteiger partial charge in [0, 0.05) is 17.7 Å². The van der Waals surface area contributed by atoms with Crippen LogP contribution in [0.4, 0.5) is 0 Å². The molecule has 0 saturated carbocycles. The van der Waals surface area contributed by atoms with E-state index in [2.05, 4.69) is 5.32 Å². The van der Waals surface area contributed by atoms with Gasteiger partial charge in [-0.3, -0.25) is 0 Å². The Kier molecular flexibility index (Phi) is 3.34. The summed E-state index contributed by atoms with van der Waals surface area (Å²) >= 11 is 0. The van der Waals surface area contributed by atoms with Crippen molar-refractivity contribution in [3.05, 3.63) is 23.3 Å². The van der Waals surface area contributed by atoms with Crippen molar-refractivity contribution in [3.8, 4) is 11.5 Å². The topological polar surface area (TPSA) is 41.5 Å². The molecule has 1 atom stereocenters. The van der Waals surface area contributed by atoms with E-state index in [-0.39, 0.29) is 5.75 Å². The standard InChI is InChI=1S/C13H19NO2/c1-9-7-10(15)8-12(16-2)13(9)11-5-3-4-6-14-11/h7-8,11,14-15H,3-6H2,1-2H3. The van der Waals surface area contributed by atoms with Crippen LogP contribution in [0.15, 0.2) is 12.1 Å². The van der Waals surface area contributed by atoms with Gasteiger partial charge in [0.05, 0.1) is 7.11 Å². The van der Waals surface area contributed by atoms with Gasteiger partial charge in [0.25, 0.3) is 0 Å². The van der Waals surface area contributed by atoms with Crippen molar-refractivity contribution in [1.29, 1.82) is 0 Å². The van der Waals surface area contributed by atoms with Gasteiger partial charge in [0.15, 0.2) is 0 Å². The minimum absolute atomic E-state index is 0.272. The Hall–Kier alpha value is -1.22. The number of phenolic OH excluding ortho intramolecular Hbond substituents is 1. The molecule has 1 aliphatic rings. The largest absolute Gasteiger partial charge is 0.508 e. The average Bonchev–Trinajstić information content (AvgIpc) is 2.29. The van der Waals surface area contributed by atoms with E-state index >= 15 is 0 Å². The lowest BCUT2D eigenvalue weighted by atomic mass is 9.93. The molecule has 88 valence electrons. The highest BCUT2D eigenvalue weighted by atomic mass is 16.5. The Labute approximate surface area is 96.4 Å². The molecule has 1 saturated heterocycles. The summed E-state index contributed by atoms with van der Waals surface area (Å²) in [7, 11) is 1.65. The predicted molar refractivity (Wildman–Crippen MR) is 64.0 cm³/mol. The second kappa shape index (κ2) is 4.74. The van der Waals surface area contributed by atoms with Crippen molar-refractivity contribution in [2.75, 3.05) is 13.7 Å². The SMILES string of the molecule is COc1cc(O)cc(C)c1C1CCCCN1. The smallest absolute Gasteiger partial charge is 0.127 e. The third-order valence-electron chi connectivity index (χ3n) is 3.21. The molecule has 0 aliphatic carbocycles. The highest BCUT2D eigenvalue weighted by Gasteiger charge is 2.21. The predicted octanol–water partition coefficient (Wildman–Crippen LogP) is 2.52. The first-order valence-corrected chi connectivity index (χ1v) is 5.83. The van der Waals surface area contributed by atoms with Gasteiger partial charge in [-0.2, -0.15) is 0 Å². The summed E-state index contributed by atoms with van der Waals surface area (Å²) in [4.78, 5) is 0. The van der Waals surface area contributed by atoms with Crippen molar-refractivity contribution in [1.82, 2.24) is 5.32 Å². The molecule has 1 heterocycles. The number of aryl methyl sites for hydroxylation is 1. The van der Waals surface area contributed by atoms with Crippen molar-refractivity contribution < 1.29 is 9.84 Å². The Morgan fingerprint density at radius 2 is 2.19 bits per heavy atom. The summed E-state index contributed by atoms with van der Waals surface area (Å²) in [5.74, 6) is 1.06. The number of piperidine rings is 1. The zero-order chi connectivity index (χ0) is 11.5. The van der Waals surface area contributed by atoms with Gasteiger partial charge in [0.2, 0.25) is 0 Å². The van der Waals surface area contributed by atoms with Gasteiger partial charge < -0.3 is 15.2 Å². The zero-order valence-corrected chi connectivity index (χ0v) is 9.92. The number of hydrogen-bond donors (Lipinski definition) is 2. The van der Waals surface area contributed by atoms with E-state index in [4.69, 9.17) is 4.74 Å². The number of phenols is 1. The number of benzene rings is 1. The third kappa shape index (κ3) is 2.14. The van der Waals surface area contributed by atoms with Crippen molar-refractivity contribution in [2.45, 2.75) is 32.2 Å². The molecule has 1 aromatic rings. The maximum Gasteiger partial charge on any atom is 0.127 e. The summed E-state index contributed by atoms with van der Waals surface area (Å²) in [5, 5.41) is 13.1. The lowest BCUT2D eigenvalue weighted by molar-refractivity contribution is 0.369. The first-order valence-electron chi connectivity index (χ1n) is 5.83. The van der Waals surface area contributed by atoms with Crippen LogP contribution in [0, 0.1) is 6.92 Å². The van der Waals surface area contributed by atoms with E-state index in [0.717, 1.165) is 24.3 Å². The zero-order valence-electron chi connectivity index (χ0n) is 9.92. The van der Waals surface area contributed by atoms with Crippen molar-refractivity contribution in [2.24, 2.45) is 0 Å². The number of methoxy groups -OCH3 is 1. The van der Waals surface area contributed by atoms with Gasteiger partial charge in [-0.05, 0) is 37.9 Å². The number of ether oxygens (including phenoxy) is 1. The Bertz CT molecular complexity index is 370. The monoisotopic (exact) mass is 221 g/mol. The molecule has 1 aromatic carbocycles. The summed E-state index contributed by atoms with van der Waals surface area (Å²) in [6, 6.07) is 3.86. The maximum atomic E-state index is 9.55. The first kappa shape index (κ1) is 11.3. The van der Waals surface area contributed by atoms with Gasteiger partial charge >= 0.3 is 0 Å². The van der Waals surface area contributed by atoms with Crippen LogP contribution in [0.2, 0.25) is 0 Å². The lowest BCUT2D eigenvalue weighted by Crippen LogP contribution is -2.27. The van der Waals surface area contributed by atoms with E-state index in [1.54, 1.807) is 19.2 Å². The second-order valence-corrected chi connectivity index (χ2v) is 4.38. The molecule has 3 nitrogen and oxygen atoms in total. The molecule has 0 amide bonds. The molecular formula is C13H19NO2. The number of nitrogens with one attached hydrogen (secondary N) is 1. The second-order valence-electron chi connectivity index (χ2n) is 4.38. The molecule has 0 spiro atoms. The van der Waals surface area contributed by atoms with Gasteiger partial charge in [-0.25, -0.2) is 0 Å². The molecule has 1 unspecified atom stereocenters. The van der Waals surface area contributed by atoms with Crippen LogP contribution in [0.3, 0.4) is 0 Å². The molecule has 0 bridgehead atoms. The Morgan fingerprint density at radius 3 is 2.81 bits per heavy atom. The molecule has 2 rings (SSSR count). The van der Waals surface area contributed by atoms with Crippen LogP contribution in [0.5, 0.6) is 11.5 Å². The molecule has 3 heteroatoms. The van der Waals surface area contributed by atoms with Crippen LogP contribution in [0.25, 0.3) is 0 Å². The van der Waals surface area contributed by atoms with Crippen molar-refractivity contribution in [3.63, 3.8) is 0 Å². The molecule has 2 N–H and O–H groups in total. The fraction of sp³-hybridized carbons (Fsp3) is 0.538. The fourth-order valence-electron chi connectivity index (χ4n) is 2.46. The molecular weight excluding hydrogens is 202 g/mol. The normalized spacial score (nSPS) is 20.8. The van der Waals surface area contributed by atoms with E-state index in [0.29, 0.717) is 6.04 Å². The molecule has 1 fully saturated rings. The fourth-order valence-corrected chi connectivity index (χ4v) is 2.46. The minimum atomic E-state index is 0.272. The van der Waals surface area contributed by atoms with Gasteiger partial charge in [-0.1, -0.05) is 6.42 Å². The number of rotatable bonds is 2. The molecule has 16 heavy (non-hydrogen) atoms. The van der Waals surface area contributed by atoms with Crippen LogP contribution in [-0.2, 0) is 0 Å². The van der Waals surface area contributed by atoms with Crippen LogP contribution in [0.1, 0.15) is 36.4 Å². The maximum absolute atomic E-state index is 9.55. The average molecular weight is 221 g/mol. The van der Waals surface area contributed by atoms with E-state index in [9.17, 15) is 5.11 Å². The number of aromatic hydroxyl groups is 1. The van der Waals surface area contributed by atoms with Crippen LogP contribution in [-0.4, -0.2) is 18.8 Å². The van der Waals surface area contributed by atoms with Crippen molar-refractivity contribution >= 4 is 0 Å². The Balaban J connectivity index is 2.37. The first-order chi connectivity index (χ1) is 7.72. The highest BCUT2D eigenvalue weighted by molar-refractivity contribution is 5.47. The summed E-state index contributed by atoms with van der Waals surface area (Å²) in [5.41, 5.74) is 2.29. The van der Waals surface area contributed by atoms with Gasteiger partial charge in [-0.15, -0.1) is 0 Å². The summed E-state index contributed by atoms with van der Waals surface area (Å²) in [6.07, 6.45) is 3.64. The Morgan fingerprint density at radius 1 is 1.38 bits per heavy atom. The van der Waals surface area contributed by atoms with Gasteiger partial charge in [0.1, 0.15) is 11.5 Å². The van der Waals surface area contributed by atoms with E-state index in [1.165, 1.54) is 18.4 Å². The van der Waals surface area contributed by atoms with Crippen LogP contribution < -0.4 is 10.1 Å². The molecule has 0 radical (unpaired) electrons. The highest BCUT2D eigenvalue weighted by Crippen LogP contribution is 2.35. The van der Waals surface area contributed by atoms with E-state index < -0.39 is 0 Å². The molecule has 1 aliphatic heterocycles. The molecule has 0 aromatic heterocycles. The quantitative estimate of drug-likeness (QED) is 0.806. The lowest BCUT2D eigenvalue weighted by Gasteiger charge is -2.27. The summed E-state index contributed by atoms with van der Waals surface area (Å²) < 4.78 is 5.36. The number of hydrogen-bond acceptors (Lipinski definition) is 3. The van der Waals surface area contributed by atoms with E-state index in [1.807, 2.05) is 6.92 Å². The third-order valence-corrected chi connectivity index (χ3v) is 3.21. The minimum Gasteiger partial charge on any atom is -0.508 e. The van der Waals surface area contributed by atoms with Crippen LogP contribution >= 0.6 is 0 Å². The summed E-state index contributed by atoms with van der Waals surface area (Å²) in [6.45, 7) is 3.09.